The fourth-order valence-corrected chi connectivity index (χ4v) is 1.20. The smallest absolute Gasteiger partial charge is 0.0983 e. The number of hydrogen-bond acceptors (Lipinski definition) is 1. The highest BCUT2D eigenvalue weighted by molar-refractivity contribution is 5.64. The number of aryl methyl sites for hydroxylation is 1. The maximum atomic E-state index is 5.08. The molecule has 0 aliphatic heterocycles. The second kappa shape index (κ2) is 2.86. The Bertz CT molecular complexity index is 360. The van der Waals surface area contributed by atoms with Crippen molar-refractivity contribution in [2.24, 2.45) is 0 Å². The van der Waals surface area contributed by atoms with E-state index < -0.39 is 0 Å². The summed E-state index contributed by atoms with van der Waals surface area (Å²) in [7, 11) is 0. The van der Waals surface area contributed by atoms with Crippen LogP contribution in [0.3, 0.4) is 0 Å². The van der Waals surface area contributed by atoms with Crippen LogP contribution in [-0.2, 0) is 0 Å². The summed E-state index contributed by atoms with van der Waals surface area (Å²) >= 11 is 0. The first-order valence-corrected chi connectivity index (χ1v) is 3.88. The van der Waals surface area contributed by atoms with Crippen molar-refractivity contribution in [2.75, 3.05) is 0 Å². The van der Waals surface area contributed by atoms with Crippen LogP contribution in [0.4, 0.5) is 0 Å². The van der Waals surface area contributed by atoms with E-state index in [9.17, 15) is 0 Å². The van der Waals surface area contributed by atoms with Crippen LogP contribution in [0.15, 0.2) is 41.2 Å². The zero-order valence-electron chi connectivity index (χ0n) is 6.87. The third-order valence-electron chi connectivity index (χ3n) is 1.85. The van der Waals surface area contributed by atoms with Gasteiger partial charge in [0.05, 0.1) is 12.5 Å². The molecule has 2 aromatic rings. The van der Waals surface area contributed by atoms with Gasteiger partial charge in [0.2, 0.25) is 0 Å². The lowest BCUT2D eigenvalue weighted by atomic mass is 10.1. The molecule has 0 saturated carbocycles. The molecule has 59 valence electrons. The predicted molar refractivity (Wildman–Crippen MR) is 47.7 cm³/mol. The van der Waals surface area contributed by atoms with E-state index in [0.29, 0.717) is 0 Å². The average Bonchev–Trinajstić information content (AvgIpc) is 2.53. The monoisotopic (exact) mass is 157 g/mol. The molecule has 1 aromatic heterocycles. The van der Waals surface area contributed by atoms with Crippen LogP contribution >= 0.6 is 0 Å². The molecule has 0 amide bonds. The Morgan fingerprint density at radius 1 is 1.25 bits per heavy atom. The quantitative estimate of drug-likeness (QED) is 0.620. The number of hydrogen-bond donors (Lipinski definition) is 0. The van der Waals surface area contributed by atoms with E-state index in [4.69, 9.17) is 4.42 Å². The van der Waals surface area contributed by atoms with Crippen LogP contribution in [0.1, 0.15) is 5.56 Å². The summed E-state index contributed by atoms with van der Waals surface area (Å²) in [6.07, 6.45) is 3.50. The summed E-state index contributed by atoms with van der Waals surface area (Å²) in [6, 6.07) is 11.0. The van der Waals surface area contributed by atoms with Crippen molar-refractivity contribution in [1.82, 2.24) is 0 Å². The van der Waals surface area contributed by atoms with Gasteiger partial charge in [0.15, 0.2) is 0 Å². The molecule has 2 rings (SSSR count). The molecule has 0 aliphatic carbocycles. The Labute approximate surface area is 71.6 Å². The fourth-order valence-electron chi connectivity index (χ4n) is 1.20. The average molecular weight is 157 g/mol. The van der Waals surface area contributed by atoms with Gasteiger partial charge in [-0.15, -0.1) is 0 Å². The summed E-state index contributed by atoms with van der Waals surface area (Å²) in [6.45, 7) is 2.03. The summed E-state index contributed by atoms with van der Waals surface area (Å²) < 4.78 is 5.08. The van der Waals surface area contributed by atoms with Gasteiger partial charge in [-0.2, -0.15) is 0 Å². The van der Waals surface area contributed by atoms with Gasteiger partial charge in [-0.05, 0) is 24.1 Å². The van der Waals surface area contributed by atoms with Gasteiger partial charge in [-0.1, -0.05) is 24.3 Å². The summed E-state index contributed by atoms with van der Waals surface area (Å²) in [5.74, 6) is 0. The van der Waals surface area contributed by atoms with Crippen molar-refractivity contribution >= 4 is 0 Å². The molecule has 0 spiro atoms. The van der Waals surface area contributed by atoms with Crippen molar-refractivity contribution in [2.45, 2.75) is 6.92 Å². The van der Waals surface area contributed by atoms with E-state index in [-0.39, 0.29) is 0 Å². The molecule has 0 aliphatic rings. The van der Waals surface area contributed by atoms with Gasteiger partial charge in [-0.25, -0.2) is 0 Å². The van der Waals surface area contributed by atoms with E-state index in [2.05, 4.69) is 6.07 Å². The lowest BCUT2D eigenvalue weighted by molar-refractivity contribution is 0.566. The van der Waals surface area contributed by atoms with Crippen LogP contribution in [0.25, 0.3) is 11.1 Å². The van der Waals surface area contributed by atoms with Crippen molar-refractivity contribution in [3.63, 3.8) is 0 Å². The molecule has 1 heteroatoms. The Kier molecular flexibility index (Phi) is 1.71. The van der Waals surface area contributed by atoms with E-state index in [1.165, 1.54) is 0 Å². The standard InChI is InChI=1S/C11H9O/c1-9-7-12-8-11(9)10-5-3-2-4-6-10/h2-5,7-8H,1H3. The third kappa shape index (κ3) is 1.14. The molecule has 0 N–H and O–H groups in total. The first-order chi connectivity index (χ1) is 5.88. The van der Waals surface area contributed by atoms with Gasteiger partial charge in [0.25, 0.3) is 0 Å². The minimum atomic E-state index is 1.09. The van der Waals surface area contributed by atoms with Crippen molar-refractivity contribution in [3.05, 3.63) is 48.4 Å². The molecule has 0 atom stereocenters. The van der Waals surface area contributed by atoms with Crippen molar-refractivity contribution in [1.29, 1.82) is 0 Å². The highest BCUT2D eigenvalue weighted by Gasteiger charge is 2.01. The Morgan fingerprint density at radius 2 is 2.17 bits per heavy atom. The molecule has 0 fully saturated rings. The maximum absolute atomic E-state index is 5.08. The normalized spacial score (nSPS) is 10.1. The van der Waals surface area contributed by atoms with E-state index in [1.54, 1.807) is 12.5 Å². The molecular formula is C11H9O. The molecule has 1 aromatic carbocycles. The van der Waals surface area contributed by atoms with Gasteiger partial charge in [-0.3, -0.25) is 0 Å². The topological polar surface area (TPSA) is 13.1 Å². The van der Waals surface area contributed by atoms with Gasteiger partial charge >= 0.3 is 0 Å². The Balaban J connectivity index is 2.51. The molecule has 12 heavy (non-hydrogen) atoms. The number of furan rings is 1. The summed E-state index contributed by atoms with van der Waals surface area (Å²) in [5.41, 5.74) is 3.36. The molecule has 1 heterocycles. The van der Waals surface area contributed by atoms with E-state index >= 15 is 0 Å². The molecule has 1 nitrogen and oxygen atoms in total. The predicted octanol–water partition coefficient (Wildman–Crippen LogP) is 3.06. The second-order valence-corrected chi connectivity index (χ2v) is 2.74. The van der Waals surface area contributed by atoms with E-state index in [1.807, 2.05) is 31.2 Å². The van der Waals surface area contributed by atoms with Crippen LogP contribution in [0.2, 0.25) is 0 Å². The number of rotatable bonds is 1. The van der Waals surface area contributed by atoms with Crippen LogP contribution in [0.5, 0.6) is 0 Å². The molecule has 0 saturated heterocycles. The first kappa shape index (κ1) is 7.17. The highest BCUT2D eigenvalue weighted by Crippen LogP contribution is 2.22. The lowest BCUT2D eigenvalue weighted by Gasteiger charge is -1.95. The SMILES string of the molecule is Cc1cocc1-c1[c]cccc1. The second-order valence-electron chi connectivity index (χ2n) is 2.74. The van der Waals surface area contributed by atoms with Crippen LogP contribution in [0, 0.1) is 13.0 Å². The largest absolute Gasteiger partial charge is 0.472 e. The summed E-state index contributed by atoms with van der Waals surface area (Å²) in [4.78, 5) is 0. The lowest BCUT2D eigenvalue weighted by Crippen LogP contribution is -1.75. The van der Waals surface area contributed by atoms with Crippen LogP contribution < -0.4 is 0 Å². The third-order valence-corrected chi connectivity index (χ3v) is 1.85. The van der Waals surface area contributed by atoms with Crippen molar-refractivity contribution < 1.29 is 4.42 Å². The van der Waals surface area contributed by atoms with Crippen LogP contribution in [-0.4, -0.2) is 0 Å². The first-order valence-electron chi connectivity index (χ1n) is 3.88. The zero-order chi connectivity index (χ0) is 8.39. The number of benzene rings is 1. The molecule has 0 bridgehead atoms. The minimum Gasteiger partial charge on any atom is -0.472 e. The Hall–Kier alpha value is -1.50. The van der Waals surface area contributed by atoms with Gasteiger partial charge < -0.3 is 4.42 Å². The molecule has 0 unspecified atom stereocenters. The van der Waals surface area contributed by atoms with Gasteiger partial charge in [0.1, 0.15) is 0 Å². The van der Waals surface area contributed by atoms with E-state index in [0.717, 1.165) is 16.7 Å². The molecular weight excluding hydrogens is 148 g/mol. The molecule has 1 radical (unpaired) electrons. The Morgan fingerprint density at radius 3 is 2.75 bits per heavy atom. The highest BCUT2D eigenvalue weighted by atomic mass is 16.3. The fraction of sp³-hybridized carbons (Fsp3) is 0.0909. The maximum Gasteiger partial charge on any atom is 0.0983 e. The zero-order valence-corrected chi connectivity index (χ0v) is 6.87. The minimum absolute atomic E-state index is 1.09. The van der Waals surface area contributed by atoms with Crippen molar-refractivity contribution in [3.8, 4) is 11.1 Å². The van der Waals surface area contributed by atoms with Gasteiger partial charge in [0, 0.05) is 5.56 Å². The summed E-state index contributed by atoms with van der Waals surface area (Å²) in [5, 5.41) is 0.